The number of amides is 1. The van der Waals surface area contributed by atoms with Crippen LogP contribution in [-0.2, 0) is 4.79 Å². The number of carbonyl (C=O) groups excluding carboxylic acids is 1. The predicted octanol–water partition coefficient (Wildman–Crippen LogP) is 2.61. The number of hydrogen-bond donors (Lipinski definition) is 3. The van der Waals surface area contributed by atoms with Gasteiger partial charge in [0.25, 0.3) is 0 Å². The number of nitrogens with two attached hydrogens (primary N) is 1. The summed E-state index contributed by atoms with van der Waals surface area (Å²) >= 11 is 0. The minimum Gasteiger partial charge on any atom is -0.339 e. The van der Waals surface area contributed by atoms with E-state index in [4.69, 9.17) is 5.73 Å². The second kappa shape index (κ2) is 8.50. The molecule has 0 spiro atoms. The van der Waals surface area contributed by atoms with Crippen molar-refractivity contribution in [2.75, 3.05) is 28.6 Å². The molecule has 1 aliphatic rings. The first-order valence-electron chi connectivity index (χ1n) is 9.21. The predicted molar refractivity (Wildman–Crippen MR) is 109 cm³/mol. The van der Waals surface area contributed by atoms with E-state index in [1.165, 1.54) is 0 Å². The van der Waals surface area contributed by atoms with Crippen LogP contribution in [0.3, 0.4) is 0 Å². The van der Waals surface area contributed by atoms with Crippen LogP contribution >= 0.6 is 0 Å². The van der Waals surface area contributed by atoms with Gasteiger partial charge in [0.2, 0.25) is 11.9 Å². The van der Waals surface area contributed by atoms with E-state index in [0.717, 1.165) is 16.9 Å². The van der Waals surface area contributed by atoms with Crippen molar-refractivity contribution < 1.29 is 4.79 Å². The number of anilines is 3. The third-order valence-corrected chi connectivity index (χ3v) is 4.45. The summed E-state index contributed by atoms with van der Waals surface area (Å²) in [6.45, 7) is 4.99. The molecule has 2 heterocycles. The fraction of sp³-hybridized carbons (Fsp3) is 0.300. The van der Waals surface area contributed by atoms with Gasteiger partial charge in [-0.25, -0.2) is 9.97 Å². The SMILES string of the molecule is CCN1C(=C(C#N)c2nc(NC(=O)CCCN)ncc2C)Nc2ccccc21. The smallest absolute Gasteiger partial charge is 0.229 e. The molecule has 144 valence electrons. The second-order valence-corrected chi connectivity index (χ2v) is 6.39. The number of benzene rings is 1. The average molecular weight is 377 g/mol. The maximum Gasteiger partial charge on any atom is 0.229 e. The Morgan fingerprint density at radius 1 is 1.39 bits per heavy atom. The molecule has 1 amide bonds. The number of aryl methyl sites for hydroxylation is 1. The zero-order valence-corrected chi connectivity index (χ0v) is 16.0. The Hall–Kier alpha value is -3.44. The van der Waals surface area contributed by atoms with Crippen LogP contribution in [0.25, 0.3) is 5.57 Å². The zero-order valence-electron chi connectivity index (χ0n) is 16.0. The van der Waals surface area contributed by atoms with E-state index in [0.29, 0.717) is 43.0 Å². The first-order chi connectivity index (χ1) is 13.6. The van der Waals surface area contributed by atoms with E-state index in [9.17, 15) is 10.1 Å². The van der Waals surface area contributed by atoms with E-state index >= 15 is 0 Å². The summed E-state index contributed by atoms with van der Waals surface area (Å²) in [6, 6.07) is 10.1. The molecule has 0 atom stereocenters. The fourth-order valence-electron chi connectivity index (χ4n) is 3.08. The summed E-state index contributed by atoms with van der Waals surface area (Å²) in [5.41, 5.74) is 9.02. The van der Waals surface area contributed by atoms with Crippen molar-refractivity contribution in [2.24, 2.45) is 5.73 Å². The lowest BCUT2D eigenvalue weighted by Crippen LogP contribution is -2.22. The molecule has 0 unspecified atom stereocenters. The molecule has 0 aliphatic carbocycles. The normalized spacial score (nSPS) is 14.1. The number of nitrogens with one attached hydrogen (secondary N) is 2. The third kappa shape index (κ3) is 3.80. The fourth-order valence-corrected chi connectivity index (χ4v) is 3.08. The molecule has 8 heteroatoms. The van der Waals surface area contributed by atoms with Crippen LogP contribution in [0, 0.1) is 18.3 Å². The van der Waals surface area contributed by atoms with E-state index in [1.807, 2.05) is 43.0 Å². The summed E-state index contributed by atoms with van der Waals surface area (Å²) in [4.78, 5) is 22.6. The Kier molecular flexibility index (Phi) is 5.87. The van der Waals surface area contributed by atoms with Crippen LogP contribution in [0.4, 0.5) is 17.3 Å². The van der Waals surface area contributed by atoms with Crippen molar-refractivity contribution in [1.29, 1.82) is 5.26 Å². The van der Waals surface area contributed by atoms with Gasteiger partial charge >= 0.3 is 0 Å². The highest BCUT2D eigenvalue weighted by atomic mass is 16.1. The molecule has 8 nitrogen and oxygen atoms in total. The summed E-state index contributed by atoms with van der Waals surface area (Å²) in [5.74, 6) is 0.649. The van der Waals surface area contributed by atoms with Crippen molar-refractivity contribution in [3.05, 3.63) is 47.5 Å². The summed E-state index contributed by atoms with van der Waals surface area (Å²) < 4.78 is 0. The molecule has 1 aromatic heterocycles. The number of nitriles is 1. The average Bonchev–Trinajstić information content (AvgIpc) is 3.07. The number of para-hydroxylation sites is 2. The van der Waals surface area contributed by atoms with Gasteiger partial charge in [0.15, 0.2) is 0 Å². The van der Waals surface area contributed by atoms with Gasteiger partial charge in [-0.2, -0.15) is 5.26 Å². The van der Waals surface area contributed by atoms with E-state index < -0.39 is 0 Å². The Labute approximate surface area is 164 Å². The van der Waals surface area contributed by atoms with Crippen LogP contribution < -0.4 is 21.3 Å². The van der Waals surface area contributed by atoms with Crippen molar-refractivity contribution in [3.8, 4) is 6.07 Å². The molecular weight excluding hydrogens is 354 g/mol. The van der Waals surface area contributed by atoms with E-state index in [2.05, 4.69) is 26.7 Å². The molecule has 1 aliphatic heterocycles. The monoisotopic (exact) mass is 377 g/mol. The van der Waals surface area contributed by atoms with E-state index in [-0.39, 0.29) is 11.9 Å². The Morgan fingerprint density at radius 3 is 2.89 bits per heavy atom. The van der Waals surface area contributed by atoms with Crippen molar-refractivity contribution in [3.63, 3.8) is 0 Å². The number of allylic oxidation sites excluding steroid dienone is 1. The molecular formula is C20H23N7O. The lowest BCUT2D eigenvalue weighted by Gasteiger charge is -2.19. The maximum atomic E-state index is 12.0. The number of rotatable bonds is 6. The van der Waals surface area contributed by atoms with Crippen LogP contribution in [0.2, 0.25) is 0 Å². The molecule has 0 saturated heterocycles. The zero-order chi connectivity index (χ0) is 20.1. The second-order valence-electron chi connectivity index (χ2n) is 6.39. The minimum absolute atomic E-state index is 0.175. The van der Waals surface area contributed by atoms with Gasteiger partial charge in [-0.05, 0) is 44.5 Å². The van der Waals surface area contributed by atoms with Gasteiger partial charge in [0, 0.05) is 19.2 Å². The highest BCUT2D eigenvalue weighted by molar-refractivity contribution is 5.92. The van der Waals surface area contributed by atoms with Gasteiger partial charge < -0.3 is 16.0 Å². The van der Waals surface area contributed by atoms with Crippen LogP contribution in [0.5, 0.6) is 0 Å². The summed E-state index contributed by atoms with van der Waals surface area (Å²) in [6.07, 6.45) is 2.50. The summed E-state index contributed by atoms with van der Waals surface area (Å²) in [7, 11) is 0. The quantitative estimate of drug-likeness (QED) is 0.662. The largest absolute Gasteiger partial charge is 0.339 e. The Bertz CT molecular complexity index is 961. The highest BCUT2D eigenvalue weighted by Crippen LogP contribution is 2.38. The molecule has 0 bridgehead atoms. The highest BCUT2D eigenvalue weighted by Gasteiger charge is 2.27. The van der Waals surface area contributed by atoms with Gasteiger partial charge in [-0.3, -0.25) is 10.1 Å². The number of aromatic nitrogens is 2. The standard InChI is InChI=1S/C20H23N7O/c1-3-27-16-8-5-4-7-15(16)24-19(27)14(11-22)18-13(2)12-23-20(26-18)25-17(28)9-6-10-21/h4-5,7-8,12,24H,3,6,9-10,21H2,1-2H3,(H,23,25,26,28). The van der Waals surface area contributed by atoms with Gasteiger partial charge in [-0.1, -0.05) is 12.1 Å². The number of fused-ring (bicyclic) bond motifs is 1. The topological polar surface area (TPSA) is 120 Å². The molecule has 0 fully saturated rings. The number of carbonyl (C=O) groups is 1. The molecule has 3 rings (SSSR count). The Morgan fingerprint density at radius 2 is 2.18 bits per heavy atom. The molecule has 0 saturated carbocycles. The molecule has 0 radical (unpaired) electrons. The van der Waals surface area contributed by atoms with Gasteiger partial charge in [-0.15, -0.1) is 0 Å². The van der Waals surface area contributed by atoms with Crippen molar-refractivity contribution in [2.45, 2.75) is 26.7 Å². The lowest BCUT2D eigenvalue weighted by atomic mass is 10.1. The molecule has 4 N–H and O–H groups in total. The number of nitrogens with zero attached hydrogens (tertiary/aromatic N) is 4. The van der Waals surface area contributed by atoms with Crippen LogP contribution in [0.15, 0.2) is 36.3 Å². The first-order valence-corrected chi connectivity index (χ1v) is 9.21. The molecule has 28 heavy (non-hydrogen) atoms. The van der Waals surface area contributed by atoms with E-state index in [1.54, 1.807) is 6.20 Å². The van der Waals surface area contributed by atoms with Crippen molar-refractivity contribution >= 4 is 28.8 Å². The number of hydrogen-bond acceptors (Lipinski definition) is 7. The third-order valence-electron chi connectivity index (χ3n) is 4.45. The summed E-state index contributed by atoms with van der Waals surface area (Å²) in [5, 5.41) is 15.9. The maximum absolute atomic E-state index is 12.0. The van der Waals surface area contributed by atoms with Crippen LogP contribution in [0.1, 0.15) is 31.0 Å². The Balaban J connectivity index is 1.99. The molecule has 2 aromatic rings. The van der Waals surface area contributed by atoms with Crippen LogP contribution in [-0.4, -0.2) is 29.0 Å². The van der Waals surface area contributed by atoms with Crippen molar-refractivity contribution in [1.82, 2.24) is 9.97 Å². The first kappa shape index (κ1) is 19.3. The molecule has 1 aromatic carbocycles. The lowest BCUT2D eigenvalue weighted by molar-refractivity contribution is -0.116. The van der Waals surface area contributed by atoms with Gasteiger partial charge in [0.1, 0.15) is 17.5 Å². The minimum atomic E-state index is -0.201. The van der Waals surface area contributed by atoms with Gasteiger partial charge in [0.05, 0.1) is 17.1 Å².